The van der Waals surface area contributed by atoms with Crippen molar-refractivity contribution in [1.29, 1.82) is 0 Å². The molecule has 0 fully saturated rings. The van der Waals surface area contributed by atoms with Crippen LogP contribution in [0.15, 0.2) is 0 Å². The van der Waals surface area contributed by atoms with Crippen molar-refractivity contribution in [2.45, 2.75) is 118 Å². The van der Waals surface area contributed by atoms with Crippen molar-refractivity contribution < 1.29 is 40.4 Å². The largest absolute Gasteiger partial charge is 0.668 e. The molecule has 0 aromatic carbocycles. The minimum Gasteiger partial charge on any atom is -0.668 e. The monoisotopic (exact) mass is 632 g/mol. The molecule has 0 saturated heterocycles. The van der Waals surface area contributed by atoms with Gasteiger partial charge in [-0.15, -0.1) is 0 Å². The van der Waals surface area contributed by atoms with Gasteiger partial charge in [-0.25, -0.2) is 0 Å². The van der Waals surface area contributed by atoms with E-state index in [4.69, 9.17) is 13.9 Å². The van der Waals surface area contributed by atoms with Crippen molar-refractivity contribution in [2.75, 3.05) is 0 Å². The van der Waals surface area contributed by atoms with Gasteiger partial charge >= 0.3 is 0 Å². The molecule has 0 aliphatic heterocycles. The average Bonchev–Trinajstić information content (AvgIpc) is 1.96. The fourth-order valence-corrected chi connectivity index (χ4v) is 27.2. The summed E-state index contributed by atoms with van der Waals surface area (Å²) in [5, 5.41) is 0. The van der Waals surface area contributed by atoms with Crippen LogP contribution < -0.4 is 0 Å². The Labute approximate surface area is 219 Å². The average molecular weight is 632 g/mol. The number of rotatable bonds is 6. The van der Waals surface area contributed by atoms with E-state index in [-0.39, 0.29) is 40.4 Å². The van der Waals surface area contributed by atoms with E-state index in [1.54, 1.807) is 0 Å². The first-order valence-corrected chi connectivity index (χ1v) is 31.0. The van der Waals surface area contributed by atoms with Gasteiger partial charge in [0.2, 0.25) is 0 Å². The van der Waals surface area contributed by atoms with Crippen LogP contribution in [0.3, 0.4) is 0 Å². The van der Waals surface area contributed by atoms with Gasteiger partial charge in [0.15, 0.2) is 0 Å². The second-order valence-electron chi connectivity index (χ2n) is 13.4. The van der Waals surface area contributed by atoms with E-state index in [2.05, 4.69) is 118 Å². The Morgan fingerprint density at radius 2 is 0.321 bits per heavy atom. The van der Waals surface area contributed by atoms with Gasteiger partial charge in [0.05, 0.1) is 0 Å². The molecule has 0 N–H and O–H groups in total. The van der Waals surface area contributed by atoms with Crippen LogP contribution in [-0.2, 0) is 0 Å². The summed E-state index contributed by atoms with van der Waals surface area (Å²) in [4.78, 5) is 0. The molecule has 0 rings (SSSR count). The first-order valence-electron chi connectivity index (χ1n) is 10.3. The Balaban J connectivity index is -0.000000152. The van der Waals surface area contributed by atoms with E-state index in [0.717, 1.165) is 0 Å². The zero-order valence-electron chi connectivity index (χ0n) is 22.7. The van der Waals surface area contributed by atoms with Gasteiger partial charge in [0.25, 0.3) is 0 Å². The predicted molar refractivity (Wildman–Crippen MR) is 150 cm³/mol. The van der Waals surface area contributed by atoms with E-state index in [1.807, 2.05) is 0 Å². The van der Waals surface area contributed by atoms with Crippen LogP contribution in [0.4, 0.5) is 0 Å². The molecule has 10 heteroatoms. The molecule has 0 bridgehead atoms. The van der Waals surface area contributed by atoms with E-state index in [1.165, 1.54) is 0 Å². The van der Waals surface area contributed by atoms with Crippen molar-refractivity contribution in [2.24, 2.45) is 0 Å². The van der Waals surface area contributed by atoms with Crippen LogP contribution >= 0.6 is 0 Å². The smallest absolute Gasteiger partial charge is 0 e. The summed E-state index contributed by atoms with van der Waals surface area (Å²) in [5.41, 5.74) is 0. The van der Waals surface area contributed by atoms with Crippen LogP contribution in [0, 0.1) is 40.4 Å². The molecule has 28 heavy (non-hydrogen) atoms. The van der Waals surface area contributed by atoms with E-state index in [0.29, 0.717) is 0 Å². The Morgan fingerprint density at radius 1 is 0.250 bits per heavy atom. The third kappa shape index (κ3) is 51.3. The van der Waals surface area contributed by atoms with Crippen LogP contribution in [0.5, 0.6) is 0 Å². The number of hydrogen-bond donors (Lipinski definition) is 0. The summed E-state index contributed by atoms with van der Waals surface area (Å²) in [7, 11) is -6.64. The maximum Gasteiger partial charge on any atom is 0 e. The molecule has 3 nitrogen and oxygen atoms in total. The van der Waals surface area contributed by atoms with Crippen molar-refractivity contribution in [3.8, 4) is 0 Å². The standard InChI is InChI=1S/3C6H18NSi2.Sm/c3*1-8(2,3)7-9(4,5)6;/h3*1-6H3;/q3*-1;. The predicted octanol–water partition coefficient (Wildman–Crippen LogP) is 9.09. The molecule has 0 atom stereocenters. The molecule has 0 aromatic heterocycles. The van der Waals surface area contributed by atoms with Crippen LogP contribution in [-0.4, -0.2) is 49.4 Å². The van der Waals surface area contributed by atoms with E-state index in [9.17, 15) is 0 Å². The molecule has 0 radical (unpaired) electrons. The normalized spacial score (nSPS) is 13.5. The van der Waals surface area contributed by atoms with Gasteiger partial charge < -0.3 is 13.9 Å². The molecule has 0 heterocycles. The fourth-order valence-electron chi connectivity index (χ4n) is 3.02. The summed E-state index contributed by atoms with van der Waals surface area (Å²) < 4.78 is 14.5. The molecule has 174 valence electrons. The number of hydrogen-bond acceptors (Lipinski definition) is 0. The van der Waals surface area contributed by atoms with Gasteiger partial charge in [-0.05, 0) is 0 Å². The molecule has 0 unspecified atom stereocenters. The van der Waals surface area contributed by atoms with Crippen molar-refractivity contribution in [3.63, 3.8) is 0 Å². The van der Waals surface area contributed by atoms with Crippen molar-refractivity contribution in [1.82, 2.24) is 0 Å². The summed E-state index contributed by atoms with van der Waals surface area (Å²) in [6, 6.07) is 0. The maximum atomic E-state index is 4.82. The van der Waals surface area contributed by atoms with E-state index < -0.39 is 49.4 Å². The molecule has 0 spiro atoms. The van der Waals surface area contributed by atoms with Gasteiger partial charge in [-0.2, -0.15) is 0 Å². The molecule has 0 amide bonds. The second-order valence-corrected chi connectivity index (χ2v) is 42.1. The molecule has 0 saturated carbocycles. The molecule has 0 aromatic rings. The SMILES string of the molecule is C[Si](C)(C)[N-][Si](C)(C)C.C[Si](C)(C)[N-][Si](C)(C)C.C[Si](C)(C)[N-][Si](C)(C)C.[Sm]. The summed E-state index contributed by atoms with van der Waals surface area (Å²) in [6.07, 6.45) is 0. The molecular weight excluding hydrogens is 577 g/mol. The van der Waals surface area contributed by atoms with Gasteiger partial charge in [-0.3, -0.25) is 0 Å². The van der Waals surface area contributed by atoms with Crippen LogP contribution in [0.1, 0.15) is 0 Å². The third-order valence-electron chi connectivity index (χ3n) is 2.01. The Bertz CT molecular complexity index is 297. The maximum absolute atomic E-state index is 4.82. The van der Waals surface area contributed by atoms with Gasteiger partial charge in [-0.1, -0.05) is 167 Å². The summed E-state index contributed by atoms with van der Waals surface area (Å²) in [5.74, 6) is 0. The van der Waals surface area contributed by atoms with Crippen LogP contribution in [0.25, 0.3) is 13.9 Å². The summed E-state index contributed by atoms with van der Waals surface area (Å²) in [6.45, 7) is 41.3. The molecule has 0 aliphatic carbocycles. The Hall–Kier alpha value is 2.52. The van der Waals surface area contributed by atoms with E-state index >= 15 is 0 Å². The first-order chi connectivity index (χ1) is 11.1. The van der Waals surface area contributed by atoms with Crippen molar-refractivity contribution in [3.05, 3.63) is 13.9 Å². The molecular formula is C18H54N3Si6Sm-3. The second kappa shape index (κ2) is 13.9. The van der Waals surface area contributed by atoms with Crippen molar-refractivity contribution >= 4 is 49.4 Å². The van der Waals surface area contributed by atoms with Crippen LogP contribution in [0.2, 0.25) is 118 Å². The molecule has 0 aliphatic rings. The Morgan fingerprint density at radius 3 is 0.321 bits per heavy atom. The zero-order chi connectivity index (χ0) is 23.1. The summed E-state index contributed by atoms with van der Waals surface area (Å²) >= 11 is 0. The van der Waals surface area contributed by atoms with Gasteiger partial charge in [0, 0.05) is 40.4 Å². The minimum absolute atomic E-state index is 0. The first kappa shape index (κ1) is 37.8. The zero-order valence-corrected chi connectivity index (χ0v) is 31.4. The van der Waals surface area contributed by atoms with Gasteiger partial charge in [0.1, 0.15) is 0 Å². The Kier molecular flexibility index (Phi) is 18.8. The number of nitrogens with zero attached hydrogens (tertiary/aromatic N) is 3. The quantitative estimate of drug-likeness (QED) is 0.263. The third-order valence-corrected chi connectivity index (χ3v) is 18.1. The fraction of sp³-hybridized carbons (Fsp3) is 1.00. The minimum atomic E-state index is -1.11. The topological polar surface area (TPSA) is 42.3 Å².